The maximum Gasteiger partial charge on any atom is 0.132 e. The molecule has 1 spiro atoms. The van der Waals surface area contributed by atoms with Crippen LogP contribution in [0.3, 0.4) is 0 Å². The Labute approximate surface area is 159 Å². The molecule has 2 heterocycles. The van der Waals surface area contributed by atoms with Crippen LogP contribution in [0.2, 0.25) is 0 Å². The quantitative estimate of drug-likeness (QED) is 0.825. The highest BCUT2D eigenvalue weighted by Crippen LogP contribution is 2.42. The Morgan fingerprint density at radius 3 is 2.81 bits per heavy atom. The number of nitrogens with one attached hydrogen (secondary N) is 1. The van der Waals surface area contributed by atoms with Crippen molar-refractivity contribution >= 4 is 11.5 Å². The molecule has 1 aliphatic heterocycles. The molecule has 0 bridgehead atoms. The number of aromatic nitrogens is 2. The molecule has 1 aromatic carbocycles. The molecular weight excluding hydrogens is 340 g/mol. The second-order valence-corrected chi connectivity index (χ2v) is 8.17. The van der Waals surface area contributed by atoms with E-state index < -0.39 is 0 Å². The van der Waals surface area contributed by atoms with Crippen molar-refractivity contribution in [1.82, 2.24) is 9.97 Å². The summed E-state index contributed by atoms with van der Waals surface area (Å²) in [6, 6.07) is 9.67. The van der Waals surface area contributed by atoms with Crippen molar-refractivity contribution in [2.75, 3.05) is 24.6 Å². The first kappa shape index (κ1) is 16.7. The van der Waals surface area contributed by atoms with Gasteiger partial charge in [0.25, 0.3) is 0 Å². The molecule has 140 valence electrons. The number of hydrogen-bond acceptors (Lipinski definition) is 6. The second kappa shape index (κ2) is 6.02. The molecule has 2 aliphatic carbocycles. The molecule has 0 unspecified atom stereocenters. The van der Waals surface area contributed by atoms with E-state index in [0.717, 1.165) is 62.5 Å². The Morgan fingerprint density at radius 2 is 2.04 bits per heavy atom. The lowest BCUT2D eigenvalue weighted by Gasteiger charge is -2.34. The summed E-state index contributed by atoms with van der Waals surface area (Å²) in [7, 11) is 0. The molecule has 2 aromatic rings. The van der Waals surface area contributed by atoms with Crippen molar-refractivity contribution in [1.29, 1.82) is 5.41 Å². The van der Waals surface area contributed by atoms with E-state index in [9.17, 15) is 0 Å². The average Bonchev–Trinajstić information content (AvgIpc) is 3.61. The van der Waals surface area contributed by atoms with E-state index in [4.69, 9.17) is 14.9 Å². The second-order valence-electron chi connectivity index (χ2n) is 8.17. The molecule has 5 rings (SSSR count). The van der Waals surface area contributed by atoms with Crippen LogP contribution in [0, 0.1) is 5.41 Å². The summed E-state index contributed by atoms with van der Waals surface area (Å²) in [5.74, 6) is 1.69. The Morgan fingerprint density at radius 1 is 1.19 bits per heavy atom. The Kier molecular flexibility index (Phi) is 3.72. The number of morpholine rings is 1. The third-order valence-corrected chi connectivity index (χ3v) is 5.73. The first-order chi connectivity index (χ1) is 13.0. The average molecular weight is 364 g/mol. The van der Waals surface area contributed by atoms with Crippen LogP contribution in [0.4, 0.5) is 5.82 Å². The van der Waals surface area contributed by atoms with Crippen molar-refractivity contribution in [3.63, 3.8) is 0 Å². The van der Waals surface area contributed by atoms with Crippen molar-refractivity contribution < 1.29 is 9.47 Å². The highest BCUT2D eigenvalue weighted by molar-refractivity contribution is 6.10. The lowest BCUT2D eigenvalue weighted by atomic mass is 10.1. The van der Waals surface area contributed by atoms with Gasteiger partial charge in [-0.2, -0.15) is 0 Å². The number of ether oxygens (including phenoxy) is 2. The molecule has 1 N–H and O–H groups in total. The van der Waals surface area contributed by atoms with Crippen LogP contribution in [0.5, 0.6) is 5.75 Å². The fourth-order valence-electron chi connectivity index (χ4n) is 3.56. The van der Waals surface area contributed by atoms with Gasteiger partial charge in [-0.05, 0) is 44.7 Å². The Bertz CT molecular complexity index is 889. The predicted octanol–water partition coefficient (Wildman–Crippen LogP) is 3.19. The van der Waals surface area contributed by atoms with Crippen LogP contribution in [0.15, 0.2) is 36.7 Å². The van der Waals surface area contributed by atoms with E-state index in [-0.39, 0.29) is 11.2 Å². The van der Waals surface area contributed by atoms with Gasteiger partial charge in [0.05, 0.1) is 23.6 Å². The van der Waals surface area contributed by atoms with Crippen molar-refractivity contribution in [3.8, 4) is 5.75 Å². The molecule has 1 saturated heterocycles. The van der Waals surface area contributed by atoms with Crippen LogP contribution in [-0.4, -0.2) is 46.6 Å². The first-order valence-corrected chi connectivity index (χ1v) is 9.64. The summed E-state index contributed by atoms with van der Waals surface area (Å²) in [5.41, 5.74) is 1.84. The third kappa shape index (κ3) is 3.41. The summed E-state index contributed by atoms with van der Waals surface area (Å²) in [6.45, 7) is 4.55. The minimum absolute atomic E-state index is 0.0298. The zero-order valence-electron chi connectivity index (χ0n) is 15.6. The number of rotatable bonds is 5. The predicted molar refractivity (Wildman–Crippen MR) is 103 cm³/mol. The molecule has 3 fully saturated rings. The van der Waals surface area contributed by atoms with Gasteiger partial charge < -0.3 is 14.4 Å². The normalized spacial score (nSPS) is 21.7. The van der Waals surface area contributed by atoms with Gasteiger partial charge in [-0.15, -0.1) is 0 Å². The maximum atomic E-state index is 8.63. The third-order valence-electron chi connectivity index (χ3n) is 5.73. The topological polar surface area (TPSA) is 71.3 Å². The van der Waals surface area contributed by atoms with E-state index >= 15 is 0 Å². The molecule has 6 nitrogen and oxygen atoms in total. The van der Waals surface area contributed by atoms with Gasteiger partial charge >= 0.3 is 0 Å². The largest absolute Gasteiger partial charge is 0.488 e. The van der Waals surface area contributed by atoms with Gasteiger partial charge in [0.1, 0.15) is 23.5 Å². The zero-order valence-corrected chi connectivity index (χ0v) is 15.6. The van der Waals surface area contributed by atoms with Gasteiger partial charge in [0.2, 0.25) is 0 Å². The highest BCUT2D eigenvalue weighted by atomic mass is 16.5. The maximum absolute atomic E-state index is 8.63. The Balaban J connectivity index is 1.36. The molecule has 6 heteroatoms. The molecule has 1 aromatic heterocycles. The van der Waals surface area contributed by atoms with Crippen molar-refractivity contribution in [3.05, 3.63) is 47.9 Å². The lowest BCUT2D eigenvalue weighted by molar-refractivity contribution is 0.0203. The van der Waals surface area contributed by atoms with Gasteiger partial charge in [-0.1, -0.05) is 12.1 Å². The van der Waals surface area contributed by atoms with Crippen LogP contribution in [-0.2, 0) is 4.74 Å². The molecular formula is C21H24N4O2. The summed E-state index contributed by atoms with van der Waals surface area (Å²) < 4.78 is 11.9. The zero-order chi connectivity index (χ0) is 18.5. The minimum Gasteiger partial charge on any atom is -0.488 e. The monoisotopic (exact) mass is 364 g/mol. The van der Waals surface area contributed by atoms with E-state index in [1.165, 1.54) is 0 Å². The van der Waals surface area contributed by atoms with Gasteiger partial charge in [0, 0.05) is 24.7 Å². The fraction of sp³-hybridized carbons (Fsp3) is 0.476. The molecule has 0 atom stereocenters. The van der Waals surface area contributed by atoms with Gasteiger partial charge in [0.15, 0.2) is 0 Å². The van der Waals surface area contributed by atoms with Crippen molar-refractivity contribution in [2.45, 2.75) is 43.8 Å². The smallest absolute Gasteiger partial charge is 0.132 e. The van der Waals surface area contributed by atoms with Crippen LogP contribution in [0.1, 0.15) is 43.9 Å². The standard InChI is InChI=1S/C21H24N4O2/c1-20(5-6-20)27-16-4-2-3-15(11-16)19(22)17-12-18(24-14-23-17)25-9-10-26-21(13-25)7-8-21/h2-4,11-12,14,22H,5-10,13H2,1H3. The van der Waals surface area contributed by atoms with Gasteiger partial charge in [-0.3, -0.25) is 5.41 Å². The van der Waals surface area contributed by atoms with Crippen LogP contribution in [0.25, 0.3) is 0 Å². The lowest BCUT2D eigenvalue weighted by Crippen LogP contribution is -2.44. The molecule has 3 aliphatic rings. The van der Waals surface area contributed by atoms with E-state index in [1.807, 2.05) is 30.3 Å². The first-order valence-electron chi connectivity index (χ1n) is 9.64. The van der Waals surface area contributed by atoms with E-state index in [1.54, 1.807) is 6.33 Å². The number of benzene rings is 1. The SMILES string of the molecule is CC1(Oc2cccc(C(=N)c3cc(N4CCOC5(CC5)C4)ncn3)c2)CC1. The number of hydrogen-bond donors (Lipinski definition) is 1. The van der Waals surface area contributed by atoms with Crippen LogP contribution < -0.4 is 9.64 Å². The molecule has 2 saturated carbocycles. The molecule has 27 heavy (non-hydrogen) atoms. The van der Waals surface area contributed by atoms with Crippen LogP contribution >= 0.6 is 0 Å². The summed E-state index contributed by atoms with van der Waals surface area (Å²) in [4.78, 5) is 11.0. The summed E-state index contributed by atoms with van der Waals surface area (Å²) in [5, 5.41) is 8.63. The molecule has 0 radical (unpaired) electrons. The Hall–Kier alpha value is -2.47. The highest BCUT2D eigenvalue weighted by Gasteiger charge is 2.47. The van der Waals surface area contributed by atoms with Gasteiger partial charge in [-0.25, -0.2) is 9.97 Å². The number of nitrogens with zero attached hydrogens (tertiary/aromatic N) is 3. The number of anilines is 1. The fourth-order valence-corrected chi connectivity index (χ4v) is 3.56. The van der Waals surface area contributed by atoms with Crippen molar-refractivity contribution in [2.24, 2.45) is 0 Å². The van der Waals surface area contributed by atoms with E-state index in [0.29, 0.717) is 11.4 Å². The summed E-state index contributed by atoms with van der Waals surface area (Å²) in [6.07, 6.45) is 5.99. The minimum atomic E-state index is -0.0298. The molecule has 0 amide bonds. The summed E-state index contributed by atoms with van der Waals surface area (Å²) >= 11 is 0. The van der Waals surface area contributed by atoms with E-state index in [2.05, 4.69) is 21.8 Å².